The average molecular weight is 273 g/mol. The zero-order chi connectivity index (χ0) is 15.1. The molecule has 0 aliphatic rings. The van der Waals surface area contributed by atoms with E-state index in [9.17, 15) is 9.90 Å². The number of benzene rings is 1. The van der Waals surface area contributed by atoms with Gasteiger partial charge in [-0.1, -0.05) is 12.1 Å². The van der Waals surface area contributed by atoms with Crippen LogP contribution in [0, 0.1) is 12.3 Å². The summed E-state index contributed by atoms with van der Waals surface area (Å²) in [6.07, 6.45) is 0.542. The first kappa shape index (κ1) is 14.6. The van der Waals surface area contributed by atoms with Gasteiger partial charge in [-0.05, 0) is 64.1 Å². The van der Waals surface area contributed by atoms with Crippen LogP contribution < -0.4 is 0 Å². The van der Waals surface area contributed by atoms with E-state index in [-0.39, 0.29) is 0 Å². The minimum Gasteiger partial charge on any atom is -0.481 e. The number of fused-ring (bicyclic) bond motifs is 1. The molecule has 0 amide bonds. The highest BCUT2D eigenvalue weighted by Gasteiger charge is 2.27. The maximum absolute atomic E-state index is 11.3. The number of aromatic nitrogens is 1. The Morgan fingerprint density at radius 3 is 2.50 bits per heavy atom. The highest BCUT2D eigenvalue weighted by atomic mass is 16.4. The summed E-state index contributed by atoms with van der Waals surface area (Å²) < 4.78 is 2.30. The minimum atomic E-state index is -0.756. The van der Waals surface area contributed by atoms with Crippen molar-refractivity contribution >= 4 is 16.9 Å². The lowest BCUT2D eigenvalue weighted by molar-refractivity contribution is -0.146. The molecule has 3 nitrogen and oxygen atoms in total. The summed E-state index contributed by atoms with van der Waals surface area (Å²) in [6.45, 7) is 9.99. The third-order valence-electron chi connectivity index (χ3n) is 3.84. The van der Waals surface area contributed by atoms with E-state index in [0.29, 0.717) is 12.5 Å². The third kappa shape index (κ3) is 2.58. The number of carboxylic acids is 1. The zero-order valence-electron chi connectivity index (χ0n) is 12.9. The van der Waals surface area contributed by atoms with Crippen LogP contribution in [0.2, 0.25) is 0 Å². The largest absolute Gasteiger partial charge is 0.481 e. The molecule has 0 saturated heterocycles. The molecular weight excluding hydrogens is 250 g/mol. The third-order valence-corrected chi connectivity index (χ3v) is 3.84. The van der Waals surface area contributed by atoms with E-state index >= 15 is 0 Å². The lowest BCUT2D eigenvalue weighted by atomic mass is 9.86. The summed E-state index contributed by atoms with van der Waals surface area (Å²) in [5.74, 6) is -0.756. The fourth-order valence-corrected chi connectivity index (χ4v) is 2.79. The Labute approximate surface area is 120 Å². The van der Waals surface area contributed by atoms with Gasteiger partial charge in [0.05, 0.1) is 5.41 Å². The Kier molecular flexibility index (Phi) is 3.63. The van der Waals surface area contributed by atoms with Crippen molar-refractivity contribution in [1.82, 2.24) is 4.57 Å². The standard InChI is InChI=1S/C17H23NO2/c1-11(2)18-12(3)8-14-7-6-13(9-15(14)18)10-17(4,5)16(19)20/h6-9,11H,10H2,1-5H3,(H,19,20). The van der Waals surface area contributed by atoms with Crippen molar-refractivity contribution in [3.05, 3.63) is 35.5 Å². The normalized spacial score (nSPS) is 12.3. The highest BCUT2D eigenvalue weighted by molar-refractivity contribution is 5.82. The van der Waals surface area contributed by atoms with Crippen LogP contribution in [0.4, 0.5) is 0 Å². The molecule has 2 rings (SSSR count). The number of aryl methyl sites for hydroxylation is 1. The maximum atomic E-state index is 11.3. The van der Waals surface area contributed by atoms with Gasteiger partial charge in [-0.15, -0.1) is 0 Å². The molecule has 3 heteroatoms. The first-order valence-electron chi connectivity index (χ1n) is 7.06. The fourth-order valence-electron chi connectivity index (χ4n) is 2.79. The van der Waals surface area contributed by atoms with Crippen LogP contribution in [0.25, 0.3) is 10.9 Å². The molecule has 1 heterocycles. The smallest absolute Gasteiger partial charge is 0.309 e. The summed E-state index contributed by atoms with van der Waals surface area (Å²) in [5, 5.41) is 10.5. The second kappa shape index (κ2) is 4.97. The van der Waals surface area contributed by atoms with E-state index in [1.807, 2.05) is 6.07 Å². The van der Waals surface area contributed by atoms with E-state index < -0.39 is 11.4 Å². The lowest BCUT2D eigenvalue weighted by Gasteiger charge is -2.19. The molecule has 0 bridgehead atoms. The molecule has 1 N–H and O–H groups in total. The van der Waals surface area contributed by atoms with Gasteiger partial charge in [0.25, 0.3) is 0 Å². The van der Waals surface area contributed by atoms with Crippen LogP contribution in [-0.4, -0.2) is 15.6 Å². The maximum Gasteiger partial charge on any atom is 0.309 e. The molecule has 0 unspecified atom stereocenters. The Morgan fingerprint density at radius 2 is 1.95 bits per heavy atom. The second-order valence-corrected chi connectivity index (χ2v) is 6.51. The van der Waals surface area contributed by atoms with E-state index in [1.165, 1.54) is 16.6 Å². The quantitative estimate of drug-likeness (QED) is 0.907. The van der Waals surface area contributed by atoms with E-state index in [0.717, 1.165) is 5.56 Å². The van der Waals surface area contributed by atoms with Crippen LogP contribution >= 0.6 is 0 Å². The molecule has 1 aromatic heterocycles. The van der Waals surface area contributed by atoms with Crippen molar-refractivity contribution < 1.29 is 9.90 Å². The molecule has 108 valence electrons. The van der Waals surface area contributed by atoms with E-state index in [1.54, 1.807) is 13.8 Å². The number of carboxylic acid groups (broad SMARTS) is 1. The van der Waals surface area contributed by atoms with E-state index in [4.69, 9.17) is 0 Å². The van der Waals surface area contributed by atoms with Crippen LogP contribution in [0.5, 0.6) is 0 Å². The summed E-state index contributed by atoms with van der Waals surface area (Å²) in [5.41, 5.74) is 2.77. The molecule has 1 aromatic carbocycles. The van der Waals surface area contributed by atoms with Gasteiger partial charge in [-0.3, -0.25) is 4.79 Å². The molecule has 0 aliphatic heterocycles. The Hall–Kier alpha value is -1.77. The van der Waals surface area contributed by atoms with Gasteiger partial charge < -0.3 is 9.67 Å². The SMILES string of the molecule is Cc1cc2ccc(CC(C)(C)C(=O)O)cc2n1C(C)C. The summed E-state index contributed by atoms with van der Waals surface area (Å²) in [7, 11) is 0. The molecule has 0 spiro atoms. The van der Waals surface area contributed by atoms with E-state index in [2.05, 4.69) is 43.5 Å². The predicted molar refractivity (Wildman–Crippen MR) is 82.2 cm³/mol. The minimum absolute atomic E-state index is 0.398. The first-order chi connectivity index (χ1) is 9.22. The van der Waals surface area contributed by atoms with Crippen LogP contribution in [0.1, 0.15) is 45.0 Å². The number of nitrogens with zero attached hydrogens (tertiary/aromatic N) is 1. The van der Waals surface area contributed by atoms with Crippen molar-refractivity contribution in [2.45, 2.75) is 47.1 Å². The van der Waals surface area contributed by atoms with Gasteiger partial charge in [-0.25, -0.2) is 0 Å². The summed E-state index contributed by atoms with van der Waals surface area (Å²) in [4.78, 5) is 11.3. The molecule has 0 fully saturated rings. The molecule has 20 heavy (non-hydrogen) atoms. The van der Waals surface area contributed by atoms with Crippen molar-refractivity contribution in [3.63, 3.8) is 0 Å². The monoisotopic (exact) mass is 273 g/mol. The first-order valence-corrected chi connectivity index (χ1v) is 7.06. The van der Waals surface area contributed by atoms with Crippen molar-refractivity contribution in [2.24, 2.45) is 5.41 Å². The number of rotatable bonds is 4. The summed E-state index contributed by atoms with van der Waals surface area (Å²) in [6, 6.07) is 8.84. The van der Waals surface area contributed by atoms with Gasteiger partial charge in [0.15, 0.2) is 0 Å². The predicted octanol–water partition coefficient (Wildman–Crippen LogP) is 4.18. The Bertz CT molecular complexity index is 650. The van der Waals surface area contributed by atoms with Crippen LogP contribution in [-0.2, 0) is 11.2 Å². The molecule has 0 radical (unpaired) electrons. The number of carbonyl (C=O) groups is 1. The topological polar surface area (TPSA) is 42.2 Å². The van der Waals surface area contributed by atoms with Crippen LogP contribution in [0.3, 0.4) is 0 Å². The van der Waals surface area contributed by atoms with Crippen molar-refractivity contribution in [1.29, 1.82) is 0 Å². The van der Waals surface area contributed by atoms with Gasteiger partial charge >= 0.3 is 5.97 Å². The Morgan fingerprint density at radius 1 is 1.30 bits per heavy atom. The molecule has 0 saturated carbocycles. The number of hydrogen-bond acceptors (Lipinski definition) is 1. The van der Waals surface area contributed by atoms with Gasteiger partial charge in [0, 0.05) is 17.3 Å². The molecule has 2 aromatic rings. The Balaban J connectivity index is 2.48. The molecule has 0 aliphatic carbocycles. The fraction of sp³-hybridized carbons (Fsp3) is 0.471. The van der Waals surface area contributed by atoms with Crippen molar-refractivity contribution in [2.75, 3.05) is 0 Å². The number of hydrogen-bond donors (Lipinski definition) is 1. The van der Waals surface area contributed by atoms with Crippen LogP contribution in [0.15, 0.2) is 24.3 Å². The molecular formula is C17H23NO2. The van der Waals surface area contributed by atoms with Gasteiger partial charge in [0.2, 0.25) is 0 Å². The van der Waals surface area contributed by atoms with Gasteiger partial charge in [0.1, 0.15) is 0 Å². The lowest BCUT2D eigenvalue weighted by Crippen LogP contribution is -2.26. The van der Waals surface area contributed by atoms with Crippen molar-refractivity contribution in [3.8, 4) is 0 Å². The second-order valence-electron chi connectivity index (χ2n) is 6.51. The molecule has 0 atom stereocenters. The van der Waals surface area contributed by atoms with Gasteiger partial charge in [-0.2, -0.15) is 0 Å². The average Bonchev–Trinajstić information content (AvgIpc) is 2.63. The highest BCUT2D eigenvalue weighted by Crippen LogP contribution is 2.28. The summed E-state index contributed by atoms with van der Waals surface area (Å²) >= 11 is 0. The zero-order valence-corrected chi connectivity index (χ0v) is 12.9. The number of aliphatic carboxylic acids is 1.